The van der Waals surface area contributed by atoms with Crippen molar-refractivity contribution in [2.45, 2.75) is 108 Å². The second-order valence-corrected chi connectivity index (χ2v) is 11.3. The summed E-state index contributed by atoms with van der Waals surface area (Å²) in [6, 6.07) is 4.93. The molecule has 0 unspecified atom stereocenters. The highest BCUT2D eigenvalue weighted by atomic mass is 14.8. The lowest BCUT2D eigenvalue weighted by Crippen LogP contribution is -2.13. The topological polar surface area (TPSA) is 12.4 Å². The third-order valence-corrected chi connectivity index (χ3v) is 6.65. The molecule has 0 saturated heterocycles. The van der Waals surface area contributed by atoms with E-state index in [0.717, 1.165) is 32.1 Å². The van der Waals surface area contributed by atoms with Crippen LogP contribution in [0.25, 0.3) is 0 Å². The van der Waals surface area contributed by atoms with E-state index in [1.807, 2.05) is 0 Å². The molecule has 1 nitrogen and oxygen atoms in total. The van der Waals surface area contributed by atoms with Gasteiger partial charge in [-0.1, -0.05) is 77.0 Å². The molecule has 0 amide bonds. The first-order chi connectivity index (χ1) is 14.9. The molecule has 0 radical (unpaired) electrons. The van der Waals surface area contributed by atoms with Gasteiger partial charge in [-0.2, -0.15) is 0 Å². The van der Waals surface area contributed by atoms with Gasteiger partial charge in [0.25, 0.3) is 0 Å². The molecule has 32 heavy (non-hydrogen) atoms. The molecule has 0 bridgehead atoms. The normalized spacial score (nSPS) is 16.2. The highest BCUT2D eigenvalue weighted by molar-refractivity contribution is 5.99. The molecule has 1 aromatic rings. The molecule has 0 aliphatic heterocycles. The standard InChI is InChI=1S/C31H47N/c1-11-26-20-28(24(6)19-29(26)18-21(2)3)17-14-23(5)30(31(8,9)10)32-25(7)27-15-12-22(4)13-16-27/h12,15,19-21H,11,13-14,16-18H2,1-10H3/b30-23+,32-25+. The zero-order valence-electron chi connectivity index (χ0n) is 22.6. The zero-order chi connectivity index (χ0) is 24.1. The summed E-state index contributed by atoms with van der Waals surface area (Å²) < 4.78 is 0. The van der Waals surface area contributed by atoms with Crippen molar-refractivity contribution >= 4 is 5.71 Å². The van der Waals surface area contributed by atoms with E-state index in [4.69, 9.17) is 4.99 Å². The number of allylic oxidation sites excluding steroid dienone is 6. The Hall–Kier alpha value is -1.89. The molecular weight excluding hydrogens is 386 g/mol. The summed E-state index contributed by atoms with van der Waals surface area (Å²) >= 11 is 0. The predicted octanol–water partition coefficient (Wildman–Crippen LogP) is 9.14. The van der Waals surface area contributed by atoms with Gasteiger partial charge >= 0.3 is 0 Å². The number of rotatable bonds is 8. The van der Waals surface area contributed by atoms with Crippen molar-refractivity contribution < 1.29 is 0 Å². The lowest BCUT2D eigenvalue weighted by atomic mass is 9.86. The van der Waals surface area contributed by atoms with Crippen LogP contribution in [0.4, 0.5) is 0 Å². The molecule has 0 spiro atoms. The highest BCUT2D eigenvalue weighted by Crippen LogP contribution is 2.33. The third-order valence-electron chi connectivity index (χ3n) is 6.65. The van der Waals surface area contributed by atoms with Crippen molar-refractivity contribution in [1.29, 1.82) is 0 Å². The quantitative estimate of drug-likeness (QED) is 0.362. The van der Waals surface area contributed by atoms with Crippen LogP contribution < -0.4 is 0 Å². The number of benzene rings is 1. The molecule has 0 fully saturated rings. The molecule has 1 heteroatoms. The van der Waals surface area contributed by atoms with Gasteiger partial charge in [-0.05, 0) is 100.0 Å². The molecule has 0 saturated carbocycles. The molecule has 0 N–H and O–H groups in total. The first-order valence-corrected chi connectivity index (χ1v) is 12.7. The van der Waals surface area contributed by atoms with E-state index >= 15 is 0 Å². The van der Waals surface area contributed by atoms with Gasteiger partial charge < -0.3 is 0 Å². The van der Waals surface area contributed by atoms with E-state index in [-0.39, 0.29) is 5.41 Å². The first-order valence-electron chi connectivity index (χ1n) is 12.7. The molecular formula is C31H47N. The van der Waals surface area contributed by atoms with E-state index in [9.17, 15) is 0 Å². The minimum absolute atomic E-state index is 0.0388. The van der Waals surface area contributed by atoms with Crippen molar-refractivity contribution in [3.8, 4) is 0 Å². The van der Waals surface area contributed by atoms with Gasteiger partial charge in [0.15, 0.2) is 0 Å². The van der Waals surface area contributed by atoms with Crippen LogP contribution in [0.5, 0.6) is 0 Å². The van der Waals surface area contributed by atoms with Crippen LogP contribution in [0, 0.1) is 18.3 Å². The van der Waals surface area contributed by atoms with Crippen molar-refractivity contribution in [1.82, 2.24) is 0 Å². The minimum Gasteiger partial charge on any atom is -0.257 e. The number of aliphatic imine (C=N–C) groups is 1. The van der Waals surface area contributed by atoms with Crippen molar-refractivity contribution in [2.24, 2.45) is 16.3 Å². The number of aryl methyl sites for hydroxylation is 3. The summed E-state index contributed by atoms with van der Waals surface area (Å²) in [5.41, 5.74) is 12.7. The van der Waals surface area contributed by atoms with Gasteiger partial charge in [-0.15, -0.1) is 0 Å². The largest absolute Gasteiger partial charge is 0.257 e. The summed E-state index contributed by atoms with van der Waals surface area (Å²) in [5, 5.41) is 0. The van der Waals surface area contributed by atoms with Gasteiger partial charge in [-0.25, -0.2) is 0 Å². The van der Waals surface area contributed by atoms with Crippen molar-refractivity contribution in [3.63, 3.8) is 0 Å². The predicted molar refractivity (Wildman–Crippen MR) is 144 cm³/mol. The Labute approximate surface area is 198 Å². The monoisotopic (exact) mass is 433 g/mol. The minimum atomic E-state index is 0.0388. The molecule has 1 aliphatic carbocycles. The Kier molecular flexibility index (Phi) is 9.31. The summed E-state index contributed by atoms with van der Waals surface area (Å²) in [5.74, 6) is 0.699. The Morgan fingerprint density at radius 3 is 2.19 bits per heavy atom. The fourth-order valence-corrected chi connectivity index (χ4v) is 4.72. The maximum atomic E-state index is 5.21. The van der Waals surface area contributed by atoms with Gasteiger partial charge in [0.05, 0.1) is 0 Å². The summed E-state index contributed by atoms with van der Waals surface area (Å²) in [7, 11) is 0. The Balaban J connectivity index is 2.30. The average molecular weight is 434 g/mol. The molecule has 176 valence electrons. The summed E-state index contributed by atoms with van der Waals surface area (Å²) in [4.78, 5) is 5.21. The molecule has 2 rings (SSSR count). The van der Waals surface area contributed by atoms with Gasteiger partial charge in [0, 0.05) is 16.8 Å². The number of hydrogen-bond acceptors (Lipinski definition) is 1. The number of nitrogens with zero attached hydrogens (tertiary/aromatic N) is 1. The summed E-state index contributed by atoms with van der Waals surface area (Å²) in [6.45, 7) is 22.8. The first kappa shape index (κ1) is 26.4. The fourth-order valence-electron chi connectivity index (χ4n) is 4.72. The van der Waals surface area contributed by atoms with Crippen LogP contribution in [0.2, 0.25) is 0 Å². The molecule has 0 atom stereocenters. The zero-order valence-corrected chi connectivity index (χ0v) is 22.6. The molecule has 0 aromatic heterocycles. The van der Waals surface area contributed by atoms with E-state index in [1.54, 1.807) is 0 Å². The number of hydrogen-bond donors (Lipinski definition) is 0. The maximum Gasteiger partial charge on any atom is 0.0449 e. The van der Waals surface area contributed by atoms with E-state index in [2.05, 4.69) is 93.5 Å². The lowest BCUT2D eigenvalue weighted by Gasteiger charge is -2.24. The van der Waals surface area contributed by atoms with Gasteiger partial charge in [0.2, 0.25) is 0 Å². The Morgan fingerprint density at radius 1 is 0.969 bits per heavy atom. The average Bonchev–Trinajstić information content (AvgIpc) is 2.70. The molecule has 1 aliphatic rings. The Morgan fingerprint density at radius 2 is 1.66 bits per heavy atom. The van der Waals surface area contributed by atoms with Crippen LogP contribution >= 0.6 is 0 Å². The van der Waals surface area contributed by atoms with Crippen LogP contribution in [0.3, 0.4) is 0 Å². The van der Waals surface area contributed by atoms with Crippen molar-refractivity contribution in [2.75, 3.05) is 0 Å². The van der Waals surface area contributed by atoms with E-state index in [1.165, 1.54) is 56.8 Å². The second-order valence-electron chi connectivity index (χ2n) is 11.3. The third kappa shape index (κ3) is 7.32. The lowest BCUT2D eigenvalue weighted by molar-refractivity contribution is 0.489. The van der Waals surface area contributed by atoms with Gasteiger partial charge in [0.1, 0.15) is 0 Å². The second kappa shape index (κ2) is 11.3. The maximum absolute atomic E-state index is 5.21. The SMILES string of the molecule is CCc1cc(CC/C(C)=C(/N=C(\C)C2=CC=C(C)CC2)C(C)(C)C)c(C)cc1CC(C)C. The molecule has 1 aromatic carbocycles. The van der Waals surface area contributed by atoms with E-state index in [0.29, 0.717) is 5.92 Å². The molecule has 0 heterocycles. The van der Waals surface area contributed by atoms with Gasteiger partial charge in [-0.3, -0.25) is 4.99 Å². The van der Waals surface area contributed by atoms with Crippen molar-refractivity contribution in [3.05, 3.63) is 69.0 Å². The highest BCUT2D eigenvalue weighted by Gasteiger charge is 2.21. The van der Waals surface area contributed by atoms with Crippen LogP contribution in [-0.4, -0.2) is 5.71 Å². The van der Waals surface area contributed by atoms with Crippen LogP contribution in [0.15, 0.2) is 51.7 Å². The smallest absolute Gasteiger partial charge is 0.0449 e. The fraction of sp³-hybridized carbons (Fsp3) is 0.581. The van der Waals surface area contributed by atoms with E-state index < -0.39 is 0 Å². The Bertz CT molecular complexity index is 926. The summed E-state index contributed by atoms with van der Waals surface area (Å²) in [6.07, 6.45) is 11.2. The van der Waals surface area contributed by atoms with Crippen LogP contribution in [-0.2, 0) is 19.3 Å². The van der Waals surface area contributed by atoms with Crippen LogP contribution in [0.1, 0.15) is 104 Å².